The van der Waals surface area contributed by atoms with Crippen molar-refractivity contribution in [1.29, 1.82) is 0 Å². The van der Waals surface area contributed by atoms with E-state index in [4.69, 9.17) is 9.47 Å². The van der Waals surface area contributed by atoms with E-state index in [0.29, 0.717) is 52.4 Å². The molecule has 1 aliphatic carbocycles. The normalized spacial score (nSPS) is 16.5. The first kappa shape index (κ1) is 52.4. The van der Waals surface area contributed by atoms with Crippen LogP contribution >= 0.6 is 0 Å². The van der Waals surface area contributed by atoms with Crippen LogP contribution in [0.5, 0.6) is 23.0 Å². The van der Waals surface area contributed by atoms with Gasteiger partial charge in [-0.05, 0) is 61.6 Å². The highest BCUT2D eigenvalue weighted by molar-refractivity contribution is 7.86. The Bertz CT molecular complexity index is 2880. The van der Waals surface area contributed by atoms with Crippen molar-refractivity contribution < 1.29 is 81.2 Å². The zero-order valence-corrected chi connectivity index (χ0v) is 41.2. The third kappa shape index (κ3) is 12.0. The van der Waals surface area contributed by atoms with Crippen molar-refractivity contribution >= 4 is 52.3 Å². The average molecular weight is 1050 g/mol. The molecule has 0 radical (unpaired) electrons. The van der Waals surface area contributed by atoms with E-state index in [1.54, 1.807) is 0 Å². The van der Waals surface area contributed by atoms with E-state index in [1.807, 2.05) is 13.8 Å². The standard InChI is InChI=1S/C44H52N4O18S4/c1-3-45-5-9-47(10-6-45)39(49)25-65-43-31-13-27-17-35(67(53,54)55)19-29(41(27)51)15-33-23-38(70(62,63)64)24-34(44(33)66-26-40(50)48-11-7-46(4-2)8-12-48)16-30-20-36(68(56,57)58)18-28(42(30)52)14-32(43)22-37(21-31)69(59,60)61/h17-24,51-52H,3-16,25-26H2,1-2H3,(H,53,54,55)(H,56,57,58)(H,59,60,61)(H,62,63,64). The molecular formula is C44H52N4O18S4. The van der Waals surface area contributed by atoms with Gasteiger partial charge in [-0.25, -0.2) is 0 Å². The Morgan fingerprint density at radius 1 is 0.429 bits per heavy atom. The van der Waals surface area contributed by atoms with E-state index in [2.05, 4.69) is 9.80 Å². The molecule has 0 unspecified atom stereocenters. The number of piperazine rings is 2. The topological polar surface area (TPSA) is 324 Å². The number of phenolic OH excluding ortho intramolecular Hbond substituents is 2. The van der Waals surface area contributed by atoms with Gasteiger partial charge in [0.25, 0.3) is 52.3 Å². The van der Waals surface area contributed by atoms with Crippen LogP contribution in [0.4, 0.5) is 0 Å². The highest BCUT2D eigenvalue weighted by Gasteiger charge is 2.30. The maximum atomic E-state index is 13.6. The summed E-state index contributed by atoms with van der Waals surface area (Å²) in [7, 11) is -20.5. The Kier molecular flexibility index (Phi) is 15.2. The Morgan fingerprint density at radius 2 is 0.657 bits per heavy atom. The van der Waals surface area contributed by atoms with Crippen LogP contribution in [0.2, 0.25) is 0 Å². The number of amides is 2. The molecule has 7 rings (SSSR count). The predicted molar refractivity (Wildman–Crippen MR) is 248 cm³/mol. The molecule has 0 aromatic heterocycles. The summed E-state index contributed by atoms with van der Waals surface area (Å²) in [6.45, 7) is 7.66. The van der Waals surface area contributed by atoms with E-state index in [0.717, 1.165) is 61.6 Å². The zero-order chi connectivity index (χ0) is 51.1. The molecule has 6 N–H and O–H groups in total. The van der Waals surface area contributed by atoms with Crippen LogP contribution in [-0.4, -0.2) is 172 Å². The second-order valence-corrected chi connectivity index (χ2v) is 22.8. The molecule has 22 nitrogen and oxygen atoms in total. The van der Waals surface area contributed by atoms with Gasteiger partial charge in [-0.2, -0.15) is 33.7 Å². The molecule has 2 amide bonds. The monoisotopic (exact) mass is 1050 g/mol. The molecule has 0 atom stereocenters. The lowest BCUT2D eigenvalue weighted by Crippen LogP contribution is -2.49. The fourth-order valence-electron chi connectivity index (χ4n) is 8.83. The van der Waals surface area contributed by atoms with E-state index in [-0.39, 0.29) is 56.0 Å². The van der Waals surface area contributed by atoms with Gasteiger partial charge < -0.3 is 39.3 Å². The van der Waals surface area contributed by atoms with Crippen LogP contribution < -0.4 is 9.47 Å². The predicted octanol–water partition coefficient (Wildman–Crippen LogP) is 1.85. The molecule has 4 aromatic rings. The lowest BCUT2D eigenvalue weighted by molar-refractivity contribution is -0.135. The number of carbonyl (C=O) groups excluding carboxylic acids is 2. The van der Waals surface area contributed by atoms with E-state index in [9.17, 15) is 71.7 Å². The van der Waals surface area contributed by atoms with Crippen molar-refractivity contribution in [3.8, 4) is 23.0 Å². The number of carbonyl (C=O) groups is 2. The molecule has 26 heteroatoms. The second kappa shape index (κ2) is 20.4. The Labute approximate surface area is 405 Å². The Morgan fingerprint density at radius 3 is 0.871 bits per heavy atom. The first-order chi connectivity index (χ1) is 32.7. The number of likely N-dealkylation sites (N-methyl/N-ethyl adjacent to an activating group) is 2. The first-order valence-electron chi connectivity index (χ1n) is 21.9. The summed E-state index contributed by atoms with van der Waals surface area (Å²) in [4.78, 5) is 31.4. The minimum atomic E-state index is -5.14. The fourth-order valence-corrected chi connectivity index (χ4v) is 11.2. The summed E-state index contributed by atoms with van der Waals surface area (Å²) in [6.07, 6.45) is -2.73. The van der Waals surface area contributed by atoms with Gasteiger partial charge in [-0.3, -0.25) is 27.8 Å². The van der Waals surface area contributed by atoms with Crippen molar-refractivity contribution in [2.45, 2.75) is 59.1 Å². The van der Waals surface area contributed by atoms with Crippen LogP contribution in [0, 0.1) is 0 Å². The van der Waals surface area contributed by atoms with Crippen molar-refractivity contribution in [2.24, 2.45) is 0 Å². The van der Waals surface area contributed by atoms with Gasteiger partial charge in [0.1, 0.15) is 23.0 Å². The van der Waals surface area contributed by atoms with Crippen LogP contribution in [0.3, 0.4) is 0 Å². The largest absolute Gasteiger partial charge is 0.507 e. The maximum Gasteiger partial charge on any atom is 0.294 e. The zero-order valence-electron chi connectivity index (χ0n) is 37.9. The van der Waals surface area contributed by atoms with Crippen molar-refractivity contribution in [3.63, 3.8) is 0 Å². The molecule has 4 aromatic carbocycles. The Balaban J connectivity index is 1.48. The number of hydrogen-bond donors (Lipinski definition) is 6. The number of benzene rings is 4. The molecule has 0 saturated carbocycles. The van der Waals surface area contributed by atoms with Crippen LogP contribution in [-0.2, 0) is 75.7 Å². The summed E-state index contributed by atoms with van der Waals surface area (Å²) >= 11 is 0. The molecule has 0 spiro atoms. The maximum absolute atomic E-state index is 13.6. The smallest absolute Gasteiger partial charge is 0.294 e. The second-order valence-electron chi connectivity index (χ2n) is 17.1. The lowest BCUT2D eigenvalue weighted by atomic mass is 9.91. The van der Waals surface area contributed by atoms with Gasteiger partial charge in [0.2, 0.25) is 0 Å². The fraction of sp³-hybridized carbons (Fsp3) is 0.409. The molecule has 70 heavy (non-hydrogen) atoms. The molecule has 8 bridgehead atoms. The average Bonchev–Trinajstić information content (AvgIpc) is 3.28. The van der Waals surface area contributed by atoms with Gasteiger partial charge >= 0.3 is 0 Å². The summed E-state index contributed by atoms with van der Waals surface area (Å²) in [5.74, 6) is -2.95. The minimum absolute atomic E-state index is 0.224. The highest BCUT2D eigenvalue weighted by atomic mass is 32.2. The number of aromatic hydroxyl groups is 2. The third-order valence-electron chi connectivity index (χ3n) is 12.7. The minimum Gasteiger partial charge on any atom is -0.507 e. The van der Waals surface area contributed by atoms with Crippen LogP contribution in [0.15, 0.2) is 68.1 Å². The molecular weight excluding hydrogens is 1000 g/mol. The van der Waals surface area contributed by atoms with Gasteiger partial charge in [-0.1, -0.05) is 13.8 Å². The van der Waals surface area contributed by atoms with Crippen LogP contribution in [0.1, 0.15) is 58.4 Å². The summed E-state index contributed by atoms with van der Waals surface area (Å²) < 4.78 is 157. The molecule has 2 aliphatic heterocycles. The number of rotatable bonds is 12. The number of fused-ring (bicyclic) bond motifs is 8. The van der Waals surface area contributed by atoms with E-state index >= 15 is 0 Å². The SMILES string of the molecule is CCN1CCN(C(=O)COc2c3cc(S(=O)(=O)O)cc2Cc2cc(S(=O)(=O)O)cc(c2O)Cc2cc(S(=O)(=O)O)cc(c2OCC(=O)N2CCN(CC)CC2)Cc2cc(S(=O)(=O)O)cc(c2O)C3)CC1. The third-order valence-corrected chi connectivity index (χ3v) is 16.0. The molecule has 2 fully saturated rings. The number of ether oxygens (including phenoxy) is 2. The van der Waals surface area contributed by atoms with Gasteiger partial charge in [-0.15, -0.1) is 0 Å². The summed E-state index contributed by atoms with van der Waals surface area (Å²) in [5, 5.41) is 24.0. The molecule has 2 saturated heterocycles. The molecule has 2 heterocycles. The van der Waals surface area contributed by atoms with Gasteiger partial charge in [0, 0.05) is 123 Å². The van der Waals surface area contributed by atoms with E-state index in [1.165, 1.54) is 9.80 Å². The summed E-state index contributed by atoms with van der Waals surface area (Å²) in [5.41, 5.74) is -2.24. The molecule has 380 valence electrons. The highest BCUT2D eigenvalue weighted by Crippen LogP contribution is 2.41. The number of nitrogens with zero attached hydrogens (tertiary/aromatic N) is 4. The summed E-state index contributed by atoms with van der Waals surface area (Å²) in [6, 6.07) is 7.04. The van der Waals surface area contributed by atoms with E-state index < -0.39 is 122 Å². The number of hydrogen-bond acceptors (Lipinski definition) is 16. The number of phenols is 2. The Hall–Kier alpha value is -5.42. The van der Waals surface area contributed by atoms with Gasteiger partial charge in [0.05, 0.1) is 19.6 Å². The van der Waals surface area contributed by atoms with Crippen LogP contribution in [0.25, 0.3) is 0 Å². The van der Waals surface area contributed by atoms with Crippen molar-refractivity contribution in [1.82, 2.24) is 19.6 Å². The lowest BCUT2D eigenvalue weighted by Gasteiger charge is -2.34. The van der Waals surface area contributed by atoms with Crippen molar-refractivity contribution in [3.05, 3.63) is 93.0 Å². The quantitative estimate of drug-likeness (QED) is 0.0971. The first-order valence-corrected chi connectivity index (χ1v) is 27.7. The van der Waals surface area contributed by atoms with Gasteiger partial charge in [0.15, 0.2) is 13.2 Å². The van der Waals surface area contributed by atoms with Crippen molar-refractivity contribution in [2.75, 3.05) is 78.7 Å². The molecule has 3 aliphatic rings.